The van der Waals surface area contributed by atoms with Crippen molar-refractivity contribution in [2.75, 3.05) is 13.2 Å². The molecule has 2 unspecified atom stereocenters. The van der Waals surface area contributed by atoms with Crippen LogP contribution in [0.15, 0.2) is 48.6 Å². The quantitative estimate of drug-likeness (QED) is 0.0298. The number of nitrogens with one attached hydrogen (secondary N) is 2. The third-order valence-electron chi connectivity index (χ3n) is 8.28. The first-order valence-electron chi connectivity index (χ1n) is 19.5. The summed E-state index contributed by atoms with van der Waals surface area (Å²) in [6, 6.07) is -1.39. The molecule has 0 aromatic carbocycles. The summed E-state index contributed by atoms with van der Waals surface area (Å²) >= 11 is 0. The zero-order valence-electron chi connectivity index (χ0n) is 31.4. The lowest BCUT2D eigenvalue weighted by molar-refractivity contribution is -0.147. The number of hydrogen-bond donors (Lipinski definition) is 4. The zero-order chi connectivity index (χ0) is 36.9. The van der Waals surface area contributed by atoms with Crippen molar-refractivity contribution in [1.82, 2.24) is 10.6 Å². The van der Waals surface area contributed by atoms with E-state index in [9.17, 15) is 19.2 Å². The lowest BCUT2D eigenvalue weighted by atomic mass is 10.1. The number of unbranched alkanes of at least 4 members (excludes halogenated alkanes) is 14. The van der Waals surface area contributed by atoms with Gasteiger partial charge in [-0.25, -0.2) is 4.79 Å². The van der Waals surface area contributed by atoms with Gasteiger partial charge in [0, 0.05) is 12.8 Å². The molecule has 0 heterocycles. The van der Waals surface area contributed by atoms with E-state index in [1.54, 1.807) is 0 Å². The van der Waals surface area contributed by atoms with Crippen LogP contribution >= 0.6 is 0 Å². The molecule has 0 rings (SSSR count). The number of carbonyl (C=O) groups is 4. The highest BCUT2D eigenvalue weighted by Gasteiger charge is 2.18. The Labute approximate surface area is 303 Å². The second kappa shape index (κ2) is 35.6. The highest BCUT2D eigenvalue weighted by atomic mass is 16.5. The molecular weight excluding hydrogens is 632 g/mol. The smallest absolute Gasteiger partial charge is 0.328 e. The molecule has 286 valence electrons. The number of allylic oxidation sites excluding steroid dienone is 7. The summed E-state index contributed by atoms with van der Waals surface area (Å²) in [5, 5.41) is 22.5. The van der Waals surface area contributed by atoms with E-state index in [1.807, 2.05) is 6.08 Å². The van der Waals surface area contributed by atoms with Crippen LogP contribution in [-0.2, 0) is 23.9 Å². The van der Waals surface area contributed by atoms with Crippen LogP contribution in [-0.4, -0.2) is 59.3 Å². The number of hydrogen-bond acceptors (Lipinski definition) is 6. The first-order valence-corrected chi connectivity index (χ1v) is 19.5. The first-order chi connectivity index (χ1) is 24.3. The molecule has 2 atom stereocenters. The number of carboxylic acids is 1. The van der Waals surface area contributed by atoms with E-state index in [1.165, 1.54) is 57.8 Å². The summed E-state index contributed by atoms with van der Waals surface area (Å²) < 4.78 is 5.86. The predicted molar refractivity (Wildman–Crippen MR) is 204 cm³/mol. The third-order valence-corrected chi connectivity index (χ3v) is 8.28. The number of esters is 1. The maximum atomic E-state index is 12.7. The molecule has 0 aromatic heterocycles. The molecule has 0 radical (unpaired) electrons. The number of aliphatic hydroxyl groups is 1. The Bertz CT molecular complexity index is 989. The fraction of sp³-hybridized carbons (Fsp3) is 0.707. The molecule has 0 aliphatic heterocycles. The fourth-order valence-corrected chi connectivity index (χ4v) is 5.22. The van der Waals surface area contributed by atoms with Crippen LogP contribution in [0, 0.1) is 0 Å². The molecule has 50 heavy (non-hydrogen) atoms. The van der Waals surface area contributed by atoms with Crippen LogP contribution in [0.3, 0.4) is 0 Å². The van der Waals surface area contributed by atoms with Gasteiger partial charge in [-0.1, -0.05) is 114 Å². The molecule has 0 aliphatic rings. The molecule has 0 fully saturated rings. The number of rotatable bonds is 34. The minimum atomic E-state index is -1.39. The van der Waals surface area contributed by atoms with Crippen molar-refractivity contribution in [2.24, 2.45) is 0 Å². The first kappa shape index (κ1) is 46.8. The predicted octanol–water partition coefficient (Wildman–Crippen LogP) is 8.81. The number of ether oxygens (including phenoxy) is 1. The van der Waals surface area contributed by atoms with Gasteiger partial charge in [-0.2, -0.15) is 0 Å². The highest BCUT2D eigenvalue weighted by Crippen LogP contribution is 2.14. The lowest BCUT2D eigenvalue weighted by Gasteiger charge is -2.15. The van der Waals surface area contributed by atoms with Crippen molar-refractivity contribution in [3.63, 3.8) is 0 Å². The molecular formula is C41H70N2O7. The van der Waals surface area contributed by atoms with E-state index < -0.39 is 24.5 Å². The standard InChI is InChI=1S/C41H70N2O7/c1-3-5-7-9-11-13-14-15-16-17-18-19-21-23-29-33-40(47)50-36(30-26-22-20-12-10-8-6-4-2)31-27-24-25-28-32-38(45)42-34-39(46)43-37(35-44)41(48)49/h11-13,15-16,20,26,30,36-37,44H,3-10,14,17-19,21-25,27-29,31-35H2,1-2H3,(H,42,45)(H,43,46)(H,48,49)/b13-11-,16-15-,20-12-,30-26-. The summed E-state index contributed by atoms with van der Waals surface area (Å²) in [7, 11) is 0. The molecule has 0 aliphatic carbocycles. The summed E-state index contributed by atoms with van der Waals surface area (Å²) in [5.74, 6) is -2.45. The summed E-state index contributed by atoms with van der Waals surface area (Å²) in [6.07, 6.45) is 40.1. The lowest BCUT2D eigenvalue weighted by Crippen LogP contribution is -2.47. The largest absolute Gasteiger partial charge is 0.480 e. The van der Waals surface area contributed by atoms with Crippen molar-refractivity contribution in [1.29, 1.82) is 0 Å². The zero-order valence-corrected chi connectivity index (χ0v) is 31.4. The second-order valence-corrected chi connectivity index (χ2v) is 13.0. The van der Waals surface area contributed by atoms with Crippen molar-refractivity contribution < 1.29 is 34.1 Å². The van der Waals surface area contributed by atoms with Crippen LogP contribution in [0.4, 0.5) is 0 Å². The fourth-order valence-electron chi connectivity index (χ4n) is 5.22. The van der Waals surface area contributed by atoms with E-state index in [0.717, 1.165) is 70.6 Å². The normalized spacial score (nSPS) is 13.0. The van der Waals surface area contributed by atoms with Gasteiger partial charge in [0.2, 0.25) is 11.8 Å². The molecule has 4 N–H and O–H groups in total. The van der Waals surface area contributed by atoms with Gasteiger partial charge >= 0.3 is 11.9 Å². The summed E-state index contributed by atoms with van der Waals surface area (Å²) in [5.41, 5.74) is 0. The van der Waals surface area contributed by atoms with Gasteiger partial charge in [0.05, 0.1) is 13.2 Å². The van der Waals surface area contributed by atoms with E-state index >= 15 is 0 Å². The number of amides is 2. The SMILES string of the molecule is CCCCC/C=C\C/C=C\CCCCCCCC(=O)OC(/C=C\C/C=C\CCCCC)CCCCCCC(=O)NCC(=O)NC(CO)C(=O)O. The number of aliphatic hydroxyl groups excluding tert-OH is 1. The van der Waals surface area contributed by atoms with Crippen molar-refractivity contribution in [2.45, 2.75) is 174 Å². The Morgan fingerprint density at radius 2 is 1.14 bits per heavy atom. The average Bonchev–Trinajstić information content (AvgIpc) is 3.10. The molecule has 0 spiro atoms. The van der Waals surface area contributed by atoms with Crippen LogP contribution in [0.2, 0.25) is 0 Å². The molecule has 2 amide bonds. The number of carboxylic acid groups (broad SMARTS) is 1. The van der Waals surface area contributed by atoms with Crippen LogP contribution in [0.5, 0.6) is 0 Å². The molecule has 0 saturated carbocycles. The van der Waals surface area contributed by atoms with E-state index in [-0.39, 0.29) is 30.9 Å². The topological polar surface area (TPSA) is 142 Å². The average molecular weight is 703 g/mol. The monoisotopic (exact) mass is 703 g/mol. The van der Waals surface area contributed by atoms with Crippen LogP contribution in [0.1, 0.15) is 162 Å². The van der Waals surface area contributed by atoms with Crippen molar-refractivity contribution in [3.05, 3.63) is 48.6 Å². The molecule has 9 nitrogen and oxygen atoms in total. The van der Waals surface area contributed by atoms with E-state index in [4.69, 9.17) is 14.9 Å². The van der Waals surface area contributed by atoms with Gasteiger partial charge in [0.15, 0.2) is 0 Å². The molecule has 9 heteroatoms. The Morgan fingerprint density at radius 3 is 1.72 bits per heavy atom. The van der Waals surface area contributed by atoms with Crippen molar-refractivity contribution >= 4 is 23.8 Å². The third kappa shape index (κ3) is 32.0. The maximum absolute atomic E-state index is 12.7. The van der Waals surface area contributed by atoms with Gasteiger partial charge in [-0.15, -0.1) is 0 Å². The summed E-state index contributed by atoms with van der Waals surface area (Å²) in [4.78, 5) is 47.4. The minimum absolute atomic E-state index is 0.144. The Kier molecular flexibility index (Phi) is 33.3. The Hall–Kier alpha value is -3.20. The Morgan fingerprint density at radius 1 is 0.620 bits per heavy atom. The molecule has 0 saturated heterocycles. The Balaban J connectivity index is 4.36. The number of aliphatic carboxylic acids is 1. The van der Waals surface area contributed by atoms with Crippen LogP contribution < -0.4 is 10.6 Å². The van der Waals surface area contributed by atoms with Gasteiger partial charge in [-0.3, -0.25) is 14.4 Å². The van der Waals surface area contributed by atoms with Gasteiger partial charge < -0.3 is 25.6 Å². The highest BCUT2D eigenvalue weighted by molar-refractivity contribution is 5.87. The summed E-state index contributed by atoms with van der Waals surface area (Å²) in [6.45, 7) is 3.37. The molecule has 0 aromatic rings. The molecule has 0 bridgehead atoms. The van der Waals surface area contributed by atoms with Crippen LogP contribution in [0.25, 0.3) is 0 Å². The maximum Gasteiger partial charge on any atom is 0.328 e. The van der Waals surface area contributed by atoms with Gasteiger partial charge in [0.25, 0.3) is 0 Å². The second-order valence-electron chi connectivity index (χ2n) is 13.0. The number of carbonyl (C=O) groups excluding carboxylic acids is 3. The van der Waals surface area contributed by atoms with E-state index in [0.29, 0.717) is 12.8 Å². The van der Waals surface area contributed by atoms with Crippen molar-refractivity contribution in [3.8, 4) is 0 Å². The van der Waals surface area contributed by atoms with Gasteiger partial charge in [0.1, 0.15) is 12.1 Å². The van der Waals surface area contributed by atoms with Gasteiger partial charge in [-0.05, 0) is 83.1 Å². The minimum Gasteiger partial charge on any atom is -0.480 e. The van der Waals surface area contributed by atoms with E-state index in [2.05, 4.69) is 67.0 Å².